The molecule has 0 spiro atoms. The maximum Gasteiger partial charge on any atom is 0.217 e. The molecular weight excluding hydrogens is 401 g/mol. The first-order chi connectivity index (χ1) is 12.9. The van der Waals surface area contributed by atoms with E-state index in [4.69, 9.17) is 40.5 Å². The van der Waals surface area contributed by atoms with Gasteiger partial charge in [0, 0.05) is 18.3 Å². The van der Waals surface area contributed by atoms with Gasteiger partial charge in [-0.15, -0.1) is 0 Å². The highest BCUT2D eigenvalue weighted by molar-refractivity contribution is 6.66. The molecule has 0 unspecified atom stereocenters. The molecule has 0 saturated heterocycles. The third-order valence-electron chi connectivity index (χ3n) is 4.54. The zero-order valence-corrected chi connectivity index (χ0v) is 16.5. The molecule has 0 aliphatic carbocycles. The summed E-state index contributed by atoms with van der Waals surface area (Å²) >= 11 is 17.7. The molecule has 0 atom stereocenters. The van der Waals surface area contributed by atoms with Gasteiger partial charge < -0.3 is 11.1 Å². The Kier molecular flexibility index (Phi) is 4.77. The van der Waals surface area contributed by atoms with Crippen LogP contribution in [0.1, 0.15) is 11.1 Å². The second-order valence-corrected chi connectivity index (χ2v) is 8.60. The van der Waals surface area contributed by atoms with Crippen molar-refractivity contribution in [1.82, 2.24) is 4.98 Å². The predicted octanol–water partition coefficient (Wildman–Crippen LogP) is 6.41. The fraction of sp³-hybridized carbons (Fsp3) is 0.0952. The Morgan fingerprint density at radius 1 is 0.889 bits per heavy atom. The zero-order chi connectivity index (χ0) is 19.0. The number of halogens is 3. The number of benzene rings is 3. The van der Waals surface area contributed by atoms with E-state index in [0.717, 1.165) is 5.56 Å². The molecule has 0 aliphatic heterocycles. The Bertz CT molecular complexity index is 1140. The molecule has 4 aromatic rings. The third kappa shape index (κ3) is 3.63. The lowest BCUT2D eigenvalue weighted by Crippen LogP contribution is -2.08. The topological polar surface area (TPSA) is 50.9 Å². The number of hydrogen-bond donors (Lipinski definition) is 2. The van der Waals surface area contributed by atoms with E-state index in [1.165, 1.54) is 27.7 Å². The minimum absolute atomic E-state index is 0.434. The number of nitrogens with one attached hydrogen (secondary N) is 1. The number of rotatable bonds is 3. The first kappa shape index (κ1) is 18.2. The Balaban J connectivity index is 1.70. The minimum Gasteiger partial charge on any atom is -0.396 e. The van der Waals surface area contributed by atoms with Gasteiger partial charge in [0.15, 0.2) is 0 Å². The van der Waals surface area contributed by atoms with Crippen LogP contribution in [0, 0.1) is 0 Å². The third-order valence-corrected chi connectivity index (χ3v) is 5.20. The Labute approximate surface area is 172 Å². The summed E-state index contributed by atoms with van der Waals surface area (Å²) in [7, 11) is 0. The van der Waals surface area contributed by atoms with Gasteiger partial charge in [-0.25, -0.2) is 4.98 Å². The quantitative estimate of drug-likeness (QED) is 0.300. The van der Waals surface area contributed by atoms with Gasteiger partial charge in [-0.3, -0.25) is 0 Å². The van der Waals surface area contributed by atoms with Crippen molar-refractivity contribution in [2.24, 2.45) is 0 Å². The van der Waals surface area contributed by atoms with E-state index in [0.29, 0.717) is 23.6 Å². The standard InChI is InChI=1S/C21H16Cl3N3/c22-21(23,24)15-10-19(25)20(27-12-15)26-11-14-9-13-5-1-2-6-16(13)18-8-4-3-7-17(14)18/h1-10,12H,11,25H2,(H,26,27). The Morgan fingerprint density at radius 3 is 2.26 bits per heavy atom. The molecule has 0 aliphatic rings. The van der Waals surface area contributed by atoms with Crippen LogP contribution >= 0.6 is 34.8 Å². The molecule has 3 nitrogen and oxygen atoms in total. The highest BCUT2D eigenvalue weighted by Crippen LogP contribution is 2.39. The maximum atomic E-state index is 6.08. The van der Waals surface area contributed by atoms with E-state index in [2.05, 4.69) is 52.8 Å². The number of nitrogens with two attached hydrogens (primary N) is 1. The number of aromatic nitrogens is 1. The molecule has 0 bridgehead atoms. The van der Waals surface area contributed by atoms with E-state index in [9.17, 15) is 0 Å². The van der Waals surface area contributed by atoms with Crippen LogP contribution < -0.4 is 11.1 Å². The molecule has 27 heavy (non-hydrogen) atoms. The van der Waals surface area contributed by atoms with Gasteiger partial charge in [-0.2, -0.15) is 0 Å². The molecule has 3 aromatic carbocycles. The average molecular weight is 417 g/mol. The van der Waals surface area contributed by atoms with Crippen molar-refractivity contribution < 1.29 is 0 Å². The van der Waals surface area contributed by atoms with E-state index in [1.54, 1.807) is 6.07 Å². The average Bonchev–Trinajstić information content (AvgIpc) is 2.66. The minimum atomic E-state index is -1.55. The molecule has 0 fully saturated rings. The molecule has 136 valence electrons. The number of anilines is 2. The smallest absolute Gasteiger partial charge is 0.217 e. The largest absolute Gasteiger partial charge is 0.396 e. The van der Waals surface area contributed by atoms with E-state index >= 15 is 0 Å². The Morgan fingerprint density at radius 2 is 1.56 bits per heavy atom. The summed E-state index contributed by atoms with van der Waals surface area (Å²) in [5.41, 5.74) is 8.12. The van der Waals surface area contributed by atoms with Crippen molar-refractivity contribution in [1.29, 1.82) is 0 Å². The van der Waals surface area contributed by atoms with Gasteiger partial charge in [0.1, 0.15) is 5.82 Å². The summed E-state index contributed by atoms with van der Waals surface area (Å²) in [6.45, 7) is 0.579. The number of alkyl halides is 3. The van der Waals surface area contributed by atoms with Gasteiger partial charge in [0.25, 0.3) is 0 Å². The molecule has 3 N–H and O–H groups in total. The number of hydrogen-bond acceptors (Lipinski definition) is 3. The SMILES string of the molecule is Nc1cc(C(Cl)(Cl)Cl)cnc1NCc1cc2ccccc2c2ccccc12. The second-order valence-electron chi connectivity index (χ2n) is 6.32. The van der Waals surface area contributed by atoms with Crippen LogP contribution in [-0.4, -0.2) is 4.98 Å². The van der Waals surface area contributed by atoms with Crippen LogP contribution in [-0.2, 0) is 10.3 Å². The highest BCUT2D eigenvalue weighted by atomic mass is 35.6. The summed E-state index contributed by atoms with van der Waals surface area (Å²) in [5, 5.41) is 8.15. The fourth-order valence-electron chi connectivity index (χ4n) is 3.24. The van der Waals surface area contributed by atoms with Gasteiger partial charge in [-0.1, -0.05) is 83.3 Å². The van der Waals surface area contributed by atoms with Crippen LogP contribution in [0.15, 0.2) is 66.9 Å². The number of pyridine rings is 1. The van der Waals surface area contributed by atoms with Crippen LogP contribution in [0.5, 0.6) is 0 Å². The van der Waals surface area contributed by atoms with Crippen LogP contribution in [0.25, 0.3) is 21.5 Å². The van der Waals surface area contributed by atoms with Crippen molar-refractivity contribution in [3.63, 3.8) is 0 Å². The first-order valence-electron chi connectivity index (χ1n) is 8.39. The van der Waals surface area contributed by atoms with Crippen molar-refractivity contribution >= 4 is 67.9 Å². The summed E-state index contributed by atoms with van der Waals surface area (Å²) in [6.07, 6.45) is 1.52. The summed E-state index contributed by atoms with van der Waals surface area (Å²) in [4.78, 5) is 4.31. The lowest BCUT2D eigenvalue weighted by atomic mass is 9.97. The molecule has 6 heteroatoms. The normalized spacial score (nSPS) is 11.8. The van der Waals surface area contributed by atoms with E-state index in [-0.39, 0.29) is 0 Å². The Hall–Kier alpha value is -2.20. The molecule has 4 rings (SSSR count). The second kappa shape index (κ2) is 7.08. The number of nitrogens with zero attached hydrogens (tertiary/aromatic N) is 1. The van der Waals surface area contributed by atoms with Crippen LogP contribution in [0.2, 0.25) is 0 Å². The predicted molar refractivity (Wildman–Crippen MR) is 117 cm³/mol. The van der Waals surface area contributed by atoms with Gasteiger partial charge in [0.05, 0.1) is 5.69 Å². The van der Waals surface area contributed by atoms with Crippen molar-refractivity contribution in [3.8, 4) is 0 Å². The molecule has 0 saturated carbocycles. The monoisotopic (exact) mass is 415 g/mol. The lowest BCUT2D eigenvalue weighted by molar-refractivity contribution is 1.10. The maximum absolute atomic E-state index is 6.08. The summed E-state index contributed by atoms with van der Waals surface area (Å²) in [6, 6.07) is 20.6. The number of fused-ring (bicyclic) bond motifs is 3. The fourth-order valence-corrected chi connectivity index (χ4v) is 3.55. The highest BCUT2D eigenvalue weighted by Gasteiger charge is 2.24. The first-order valence-corrected chi connectivity index (χ1v) is 9.53. The molecule has 0 amide bonds. The van der Waals surface area contributed by atoms with Gasteiger partial charge in [-0.05, 0) is 39.2 Å². The van der Waals surface area contributed by atoms with Crippen LogP contribution in [0.4, 0.5) is 11.5 Å². The zero-order valence-electron chi connectivity index (χ0n) is 14.2. The molecular formula is C21H16Cl3N3. The van der Waals surface area contributed by atoms with Crippen molar-refractivity contribution in [2.75, 3.05) is 11.1 Å². The molecule has 1 heterocycles. The summed E-state index contributed by atoms with van der Waals surface area (Å²) < 4.78 is -1.55. The van der Waals surface area contributed by atoms with E-state index in [1.807, 2.05) is 12.1 Å². The molecule has 1 aromatic heterocycles. The van der Waals surface area contributed by atoms with Gasteiger partial charge >= 0.3 is 0 Å². The van der Waals surface area contributed by atoms with E-state index < -0.39 is 3.79 Å². The van der Waals surface area contributed by atoms with Crippen molar-refractivity contribution in [2.45, 2.75) is 10.3 Å². The van der Waals surface area contributed by atoms with Crippen LogP contribution in [0.3, 0.4) is 0 Å². The molecule has 0 radical (unpaired) electrons. The van der Waals surface area contributed by atoms with Gasteiger partial charge in [0.2, 0.25) is 3.79 Å². The summed E-state index contributed by atoms with van der Waals surface area (Å²) in [5.74, 6) is 0.560. The van der Waals surface area contributed by atoms with Crippen molar-refractivity contribution in [3.05, 3.63) is 78.0 Å². The lowest BCUT2D eigenvalue weighted by Gasteiger charge is -2.15. The number of nitrogen functional groups attached to an aromatic ring is 1.